The monoisotopic (exact) mass is 347 g/mol. The van der Waals surface area contributed by atoms with E-state index in [4.69, 9.17) is 11.6 Å². The molecule has 1 aromatic rings. The summed E-state index contributed by atoms with van der Waals surface area (Å²) in [5.74, 6) is -2.35. The van der Waals surface area contributed by atoms with Crippen LogP contribution in [0, 0.1) is 0 Å². The number of rotatable bonds is 6. The summed E-state index contributed by atoms with van der Waals surface area (Å²) in [5.41, 5.74) is -1.37. The number of ether oxygens (including phenoxy) is 2. The molecule has 0 fully saturated rings. The van der Waals surface area contributed by atoms with Crippen LogP contribution in [0.25, 0.3) is 0 Å². The second-order valence-corrected chi connectivity index (χ2v) is 4.21. The summed E-state index contributed by atoms with van der Waals surface area (Å²) < 4.78 is 70.7. The maximum Gasteiger partial charge on any atom is 0.574 e. The zero-order valence-corrected chi connectivity index (χ0v) is 12.0. The quantitative estimate of drug-likeness (QED) is 0.446. The molecule has 1 heterocycles. The second kappa shape index (κ2) is 7.57. The lowest BCUT2D eigenvalue weighted by molar-refractivity contribution is -0.276. The topological polar surface area (TPSA) is 48.4 Å². The largest absolute Gasteiger partial charge is 0.574 e. The molecule has 1 rings (SSSR count). The van der Waals surface area contributed by atoms with Crippen LogP contribution in [0.4, 0.5) is 22.0 Å². The van der Waals surface area contributed by atoms with E-state index in [1.807, 2.05) is 0 Å². The van der Waals surface area contributed by atoms with Crippen LogP contribution >= 0.6 is 11.6 Å². The number of nitrogens with zero attached hydrogens (tertiary/aromatic N) is 1. The minimum absolute atomic E-state index is 0.0295. The Bertz CT molecular complexity index is 536. The van der Waals surface area contributed by atoms with Crippen molar-refractivity contribution in [2.24, 2.45) is 0 Å². The predicted octanol–water partition coefficient (Wildman–Crippen LogP) is 3.76. The summed E-state index contributed by atoms with van der Waals surface area (Å²) in [6, 6.07) is 0.433. The van der Waals surface area contributed by atoms with Crippen LogP contribution in [0.3, 0.4) is 0 Å². The molecule has 0 bridgehead atoms. The normalized spacial score (nSPS) is 11.6. The van der Waals surface area contributed by atoms with Gasteiger partial charge in [0.15, 0.2) is 0 Å². The molecule has 4 nitrogen and oxygen atoms in total. The number of carbonyl (C=O) groups excluding carboxylic acids is 1. The van der Waals surface area contributed by atoms with Crippen molar-refractivity contribution in [2.45, 2.75) is 32.0 Å². The molecule has 22 heavy (non-hydrogen) atoms. The number of alkyl halides is 6. The van der Waals surface area contributed by atoms with Crippen LogP contribution in [0.15, 0.2) is 6.07 Å². The molecule has 124 valence electrons. The van der Waals surface area contributed by atoms with Crippen LogP contribution in [0.1, 0.15) is 30.2 Å². The number of pyridine rings is 1. The third kappa shape index (κ3) is 5.28. The van der Waals surface area contributed by atoms with Gasteiger partial charge in [-0.3, -0.25) is 4.79 Å². The van der Waals surface area contributed by atoms with Crippen LogP contribution in [-0.4, -0.2) is 23.9 Å². The second-order valence-electron chi connectivity index (χ2n) is 3.94. The molecule has 0 atom stereocenters. The fourth-order valence-electron chi connectivity index (χ4n) is 1.66. The average molecular weight is 348 g/mol. The van der Waals surface area contributed by atoms with E-state index in [0.29, 0.717) is 6.07 Å². The summed E-state index contributed by atoms with van der Waals surface area (Å²) in [6.45, 7) is 1.55. The minimum atomic E-state index is -5.08. The zero-order valence-electron chi connectivity index (χ0n) is 11.2. The molecule has 1 aromatic heterocycles. The molecule has 10 heteroatoms. The summed E-state index contributed by atoms with van der Waals surface area (Å²) >= 11 is 5.52. The average Bonchev–Trinajstić information content (AvgIpc) is 2.38. The highest BCUT2D eigenvalue weighted by molar-refractivity contribution is 6.17. The first-order valence-electron chi connectivity index (χ1n) is 5.96. The highest BCUT2D eigenvalue weighted by atomic mass is 35.5. The predicted molar refractivity (Wildman–Crippen MR) is 65.8 cm³/mol. The standard InChI is InChI=1S/C12H11ClF5NO3/c1-2-21-10(20)4-6-7(11(14)15)3-9(19-8(6)5-13)22-12(16,17)18/h3,11H,2,4-5H2,1H3. The molecule has 0 amide bonds. The Kier molecular flexibility index (Phi) is 6.34. The third-order valence-corrected chi connectivity index (χ3v) is 2.68. The van der Waals surface area contributed by atoms with Gasteiger partial charge in [-0.25, -0.2) is 13.8 Å². The van der Waals surface area contributed by atoms with Gasteiger partial charge in [0.05, 0.1) is 24.6 Å². The Balaban J connectivity index is 3.26. The lowest BCUT2D eigenvalue weighted by Crippen LogP contribution is -2.19. The maximum absolute atomic E-state index is 13.0. The highest BCUT2D eigenvalue weighted by Gasteiger charge is 2.33. The number of carbonyl (C=O) groups is 1. The molecule has 0 aromatic carbocycles. The summed E-state index contributed by atoms with van der Waals surface area (Å²) in [5, 5.41) is 0. The van der Waals surface area contributed by atoms with Gasteiger partial charge >= 0.3 is 12.3 Å². The first kappa shape index (κ1) is 18.4. The van der Waals surface area contributed by atoms with E-state index in [-0.39, 0.29) is 17.9 Å². The molecule has 0 saturated carbocycles. The molecule has 0 N–H and O–H groups in total. The van der Waals surface area contributed by atoms with Crippen LogP contribution in [0.2, 0.25) is 0 Å². The lowest BCUT2D eigenvalue weighted by atomic mass is 10.0. The third-order valence-electron chi connectivity index (χ3n) is 2.43. The molecular formula is C12H11ClF5NO3. The van der Waals surface area contributed by atoms with Crippen LogP contribution in [-0.2, 0) is 21.8 Å². The van der Waals surface area contributed by atoms with Gasteiger partial charge in [0.25, 0.3) is 6.43 Å². The molecule has 0 spiro atoms. The Morgan fingerprint density at radius 1 is 1.41 bits per heavy atom. The van der Waals surface area contributed by atoms with E-state index in [1.54, 1.807) is 0 Å². The van der Waals surface area contributed by atoms with Crippen LogP contribution < -0.4 is 4.74 Å². The summed E-state index contributed by atoms with van der Waals surface area (Å²) in [6.07, 6.45) is -8.79. The zero-order chi connectivity index (χ0) is 16.9. The van der Waals surface area contributed by atoms with Crippen molar-refractivity contribution in [1.29, 1.82) is 0 Å². The van der Waals surface area contributed by atoms with Crippen LogP contribution in [0.5, 0.6) is 5.88 Å². The number of esters is 1. The van der Waals surface area contributed by atoms with E-state index in [2.05, 4.69) is 14.5 Å². The van der Waals surface area contributed by atoms with Crippen molar-refractivity contribution < 1.29 is 36.2 Å². The van der Waals surface area contributed by atoms with E-state index in [9.17, 15) is 26.7 Å². The van der Waals surface area contributed by atoms with E-state index in [1.165, 1.54) is 6.92 Å². The maximum atomic E-state index is 13.0. The smallest absolute Gasteiger partial charge is 0.466 e. The number of aromatic nitrogens is 1. The highest BCUT2D eigenvalue weighted by Crippen LogP contribution is 2.31. The van der Waals surface area contributed by atoms with Crippen molar-refractivity contribution in [2.75, 3.05) is 6.61 Å². The first-order chi connectivity index (χ1) is 10.2. The van der Waals surface area contributed by atoms with Gasteiger partial charge in [-0.1, -0.05) is 0 Å². The van der Waals surface area contributed by atoms with Gasteiger partial charge < -0.3 is 9.47 Å². The number of hydrogen-bond donors (Lipinski definition) is 0. The van der Waals surface area contributed by atoms with Crippen molar-refractivity contribution in [1.82, 2.24) is 4.98 Å². The Labute approximate surface area is 127 Å². The molecular weight excluding hydrogens is 337 g/mol. The van der Waals surface area contributed by atoms with E-state index >= 15 is 0 Å². The van der Waals surface area contributed by atoms with Crippen molar-refractivity contribution >= 4 is 17.6 Å². The fourth-order valence-corrected chi connectivity index (χ4v) is 1.88. The SMILES string of the molecule is CCOC(=O)Cc1c(C(F)F)cc(OC(F)(F)F)nc1CCl. The van der Waals surface area contributed by atoms with Gasteiger partial charge in [0.2, 0.25) is 5.88 Å². The van der Waals surface area contributed by atoms with Gasteiger partial charge in [-0.15, -0.1) is 24.8 Å². The summed E-state index contributed by atoms with van der Waals surface area (Å²) in [7, 11) is 0. The first-order valence-corrected chi connectivity index (χ1v) is 6.49. The number of hydrogen-bond acceptors (Lipinski definition) is 4. The summed E-state index contributed by atoms with van der Waals surface area (Å²) in [4.78, 5) is 14.8. The van der Waals surface area contributed by atoms with Crippen molar-refractivity contribution in [3.05, 3.63) is 22.9 Å². The fraction of sp³-hybridized carbons (Fsp3) is 0.500. The number of halogens is 6. The van der Waals surface area contributed by atoms with Gasteiger partial charge in [0, 0.05) is 11.6 Å². The molecule has 0 aliphatic heterocycles. The minimum Gasteiger partial charge on any atom is -0.466 e. The Hall–Kier alpha value is -1.64. The molecule has 0 radical (unpaired) electrons. The molecule has 0 saturated heterocycles. The lowest BCUT2D eigenvalue weighted by Gasteiger charge is -2.15. The van der Waals surface area contributed by atoms with Crippen molar-refractivity contribution in [3.8, 4) is 5.88 Å². The van der Waals surface area contributed by atoms with Crippen molar-refractivity contribution in [3.63, 3.8) is 0 Å². The van der Waals surface area contributed by atoms with Gasteiger partial charge in [-0.2, -0.15) is 0 Å². The van der Waals surface area contributed by atoms with E-state index < -0.39 is 42.5 Å². The molecule has 0 unspecified atom stereocenters. The van der Waals surface area contributed by atoms with E-state index in [0.717, 1.165) is 0 Å². The van der Waals surface area contributed by atoms with Gasteiger partial charge in [-0.05, 0) is 12.5 Å². The Morgan fingerprint density at radius 2 is 2.05 bits per heavy atom. The Morgan fingerprint density at radius 3 is 2.50 bits per heavy atom. The molecule has 0 aliphatic rings. The van der Waals surface area contributed by atoms with Gasteiger partial charge in [0.1, 0.15) is 0 Å². The molecule has 0 aliphatic carbocycles.